The number of carboxylic acid groups (broad SMARTS) is 1. The first-order chi connectivity index (χ1) is 11.4. The summed E-state index contributed by atoms with van der Waals surface area (Å²) in [5.74, 6) is -2.60. The molecule has 0 saturated heterocycles. The first-order valence-electron chi connectivity index (χ1n) is 6.72. The summed E-state index contributed by atoms with van der Waals surface area (Å²) in [5.41, 5.74) is 2.49. The summed E-state index contributed by atoms with van der Waals surface area (Å²) in [7, 11) is 1.36. The van der Waals surface area contributed by atoms with Crippen LogP contribution in [0.2, 0.25) is 5.02 Å². The van der Waals surface area contributed by atoms with Gasteiger partial charge in [0.2, 0.25) is 0 Å². The molecule has 0 heterocycles. The van der Waals surface area contributed by atoms with E-state index in [-0.39, 0.29) is 16.5 Å². The van der Waals surface area contributed by atoms with Crippen LogP contribution in [0.3, 0.4) is 0 Å². The molecular formula is C14H16ClN3O6. The van der Waals surface area contributed by atoms with E-state index in [2.05, 4.69) is 15.8 Å². The summed E-state index contributed by atoms with van der Waals surface area (Å²) in [5, 5.41) is 14.7. The number of amides is 2. The number of carbonyl (C=O) groups excluding carboxylic acids is 2. The molecule has 0 aliphatic carbocycles. The fraction of sp³-hybridized carbons (Fsp3) is 0.286. The van der Waals surface area contributed by atoms with Gasteiger partial charge in [0.1, 0.15) is 0 Å². The van der Waals surface area contributed by atoms with Crippen LogP contribution < -0.4 is 20.2 Å². The van der Waals surface area contributed by atoms with Crippen LogP contribution in [-0.4, -0.2) is 49.4 Å². The van der Waals surface area contributed by atoms with Gasteiger partial charge in [-0.25, -0.2) is 10.2 Å². The largest absolute Gasteiger partial charge is 0.493 e. The lowest BCUT2D eigenvalue weighted by Gasteiger charge is -2.11. The third-order valence-corrected chi connectivity index (χ3v) is 2.80. The number of aliphatic carboxylic acids is 1. The lowest BCUT2D eigenvalue weighted by molar-refractivity contribution is -0.139. The Bertz CT molecular complexity index is 662. The minimum absolute atomic E-state index is 0.0741. The molecule has 0 bridgehead atoms. The molecule has 9 nitrogen and oxygen atoms in total. The molecule has 0 spiro atoms. The Balaban J connectivity index is 2.84. The summed E-state index contributed by atoms with van der Waals surface area (Å²) < 4.78 is 10.1. The minimum Gasteiger partial charge on any atom is -0.493 e. The molecule has 0 saturated carbocycles. The van der Waals surface area contributed by atoms with Crippen molar-refractivity contribution in [2.75, 3.05) is 20.3 Å². The van der Waals surface area contributed by atoms with Crippen molar-refractivity contribution in [3.05, 3.63) is 22.7 Å². The standard InChI is InChI=1S/C14H16ClN3O6/c1-3-16-13(21)14(22)18-17-6-8-4-9(15)12(10(5-8)23-2)24-7-11(19)20/h4-6H,3,7H2,1-2H3,(H,16,21)(H,18,22)(H,19,20)/b17-6-. The predicted molar refractivity (Wildman–Crippen MR) is 85.6 cm³/mol. The second kappa shape index (κ2) is 9.36. The average molecular weight is 358 g/mol. The lowest BCUT2D eigenvalue weighted by Crippen LogP contribution is -2.37. The number of hydrogen-bond donors (Lipinski definition) is 3. The molecule has 3 N–H and O–H groups in total. The smallest absolute Gasteiger partial charge is 0.341 e. The number of benzene rings is 1. The second-order valence-corrected chi connectivity index (χ2v) is 4.68. The number of hydrogen-bond acceptors (Lipinski definition) is 6. The van der Waals surface area contributed by atoms with Gasteiger partial charge in [0, 0.05) is 6.54 Å². The summed E-state index contributed by atoms with van der Waals surface area (Å²) in [6.07, 6.45) is 1.24. The number of likely N-dealkylation sites (N-methyl/N-ethyl adjacent to an activating group) is 1. The highest BCUT2D eigenvalue weighted by Crippen LogP contribution is 2.35. The third kappa shape index (κ3) is 5.76. The van der Waals surface area contributed by atoms with E-state index < -0.39 is 24.4 Å². The Morgan fingerprint density at radius 1 is 1.33 bits per heavy atom. The summed E-state index contributed by atoms with van der Waals surface area (Å²) in [4.78, 5) is 33.1. The van der Waals surface area contributed by atoms with Gasteiger partial charge in [-0.1, -0.05) is 11.6 Å². The molecule has 2 amide bonds. The van der Waals surface area contributed by atoms with Crippen LogP contribution >= 0.6 is 11.6 Å². The number of carbonyl (C=O) groups is 3. The van der Waals surface area contributed by atoms with Crippen LogP contribution in [0.15, 0.2) is 17.2 Å². The Morgan fingerprint density at radius 2 is 2.04 bits per heavy atom. The van der Waals surface area contributed by atoms with Crippen molar-refractivity contribution in [1.82, 2.24) is 10.7 Å². The van der Waals surface area contributed by atoms with E-state index in [0.29, 0.717) is 12.1 Å². The van der Waals surface area contributed by atoms with Crippen molar-refractivity contribution in [3.8, 4) is 11.5 Å². The number of nitrogens with one attached hydrogen (secondary N) is 2. The Labute approximate surface area is 142 Å². The lowest BCUT2D eigenvalue weighted by atomic mass is 10.2. The predicted octanol–water partition coefficient (Wildman–Crippen LogP) is 0.398. The maximum absolute atomic E-state index is 11.4. The maximum atomic E-state index is 11.4. The minimum atomic E-state index is -1.16. The van der Waals surface area contributed by atoms with Crippen molar-refractivity contribution in [2.24, 2.45) is 5.10 Å². The highest BCUT2D eigenvalue weighted by atomic mass is 35.5. The van der Waals surface area contributed by atoms with Gasteiger partial charge in [-0.2, -0.15) is 5.10 Å². The summed E-state index contributed by atoms with van der Waals surface area (Å²) in [6.45, 7) is 1.42. The van der Waals surface area contributed by atoms with E-state index in [1.165, 1.54) is 25.5 Å². The van der Waals surface area contributed by atoms with Crippen LogP contribution in [0, 0.1) is 0 Å². The highest BCUT2D eigenvalue weighted by Gasteiger charge is 2.13. The van der Waals surface area contributed by atoms with E-state index in [0.717, 1.165) is 0 Å². The van der Waals surface area contributed by atoms with Crippen molar-refractivity contribution in [1.29, 1.82) is 0 Å². The summed E-state index contributed by atoms with van der Waals surface area (Å²) in [6, 6.07) is 2.91. The topological polar surface area (TPSA) is 126 Å². The zero-order valence-corrected chi connectivity index (χ0v) is 13.7. The number of rotatable bonds is 7. The number of carboxylic acids is 1. The van der Waals surface area contributed by atoms with Gasteiger partial charge in [-0.15, -0.1) is 0 Å². The molecule has 0 atom stereocenters. The number of ether oxygens (including phenoxy) is 2. The number of hydrazone groups is 1. The van der Waals surface area contributed by atoms with E-state index in [9.17, 15) is 14.4 Å². The first-order valence-corrected chi connectivity index (χ1v) is 7.10. The third-order valence-electron chi connectivity index (χ3n) is 2.52. The van der Waals surface area contributed by atoms with Crippen LogP contribution in [0.5, 0.6) is 11.5 Å². The van der Waals surface area contributed by atoms with Gasteiger partial charge in [0.05, 0.1) is 18.3 Å². The Hall–Kier alpha value is -2.81. The van der Waals surface area contributed by atoms with Crippen LogP contribution in [0.4, 0.5) is 0 Å². The highest BCUT2D eigenvalue weighted by molar-refractivity contribution is 6.35. The number of halogens is 1. The number of methoxy groups -OCH3 is 1. The Morgan fingerprint density at radius 3 is 2.62 bits per heavy atom. The van der Waals surface area contributed by atoms with Crippen LogP contribution in [0.1, 0.15) is 12.5 Å². The fourth-order valence-corrected chi connectivity index (χ4v) is 1.82. The van der Waals surface area contributed by atoms with Crippen molar-refractivity contribution >= 4 is 35.6 Å². The molecule has 0 fully saturated rings. The fourth-order valence-electron chi connectivity index (χ4n) is 1.55. The van der Waals surface area contributed by atoms with Gasteiger partial charge in [0.15, 0.2) is 18.1 Å². The average Bonchev–Trinajstić information content (AvgIpc) is 2.53. The molecule has 1 rings (SSSR count). The van der Waals surface area contributed by atoms with E-state index >= 15 is 0 Å². The van der Waals surface area contributed by atoms with Crippen LogP contribution in [-0.2, 0) is 14.4 Å². The molecule has 0 aliphatic heterocycles. The molecule has 0 aromatic heterocycles. The zero-order valence-electron chi connectivity index (χ0n) is 13.0. The molecule has 1 aromatic rings. The molecular weight excluding hydrogens is 342 g/mol. The van der Waals surface area contributed by atoms with E-state index in [1.54, 1.807) is 6.92 Å². The van der Waals surface area contributed by atoms with Gasteiger partial charge < -0.3 is 19.9 Å². The molecule has 24 heavy (non-hydrogen) atoms. The molecule has 0 aliphatic rings. The molecule has 0 radical (unpaired) electrons. The quantitative estimate of drug-likeness (QED) is 0.368. The van der Waals surface area contributed by atoms with Gasteiger partial charge >= 0.3 is 17.8 Å². The second-order valence-electron chi connectivity index (χ2n) is 4.28. The molecule has 130 valence electrons. The zero-order chi connectivity index (χ0) is 18.1. The van der Waals surface area contributed by atoms with Crippen molar-refractivity contribution in [2.45, 2.75) is 6.92 Å². The molecule has 1 aromatic carbocycles. The molecule has 0 unspecified atom stereocenters. The maximum Gasteiger partial charge on any atom is 0.341 e. The van der Waals surface area contributed by atoms with Crippen molar-refractivity contribution < 1.29 is 29.0 Å². The van der Waals surface area contributed by atoms with E-state index in [4.69, 9.17) is 26.2 Å². The van der Waals surface area contributed by atoms with Gasteiger partial charge in [0.25, 0.3) is 0 Å². The number of nitrogens with zero attached hydrogens (tertiary/aromatic N) is 1. The summed E-state index contributed by atoms with van der Waals surface area (Å²) >= 11 is 6.02. The van der Waals surface area contributed by atoms with Gasteiger partial charge in [-0.05, 0) is 24.6 Å². The SMILES string of the molecule is CCNC(=O)C(=O)N/N=C\c1cc(Cl)c(OCC(=O)O)c(OC)c1. The first kappa shape index (κ1) is 19.2. The molecule has 10 heteroatoms. The van der Waals surface area contributed by atoms with Crippen molar-refractivity contribution in [3.63, 3.8) is 0 Å². The normalized spacial score (nSPS) is 10.3. The monoisotopic (exact) mass is 357 g/mol. The van der Waals surface area contributed by atoms with Crippen LogP contribution in [0.25, 0.3) is 0 Å². The van der Waals surface area contributed by atoms with E-state index in [1.807, 2.05) is 0 Å². The van der Waals surface area contributed by atoms with Gasteiger partial charge in [-0.3, -0.25) is 9.59 Å². The Kier molecular flexibility index (Phi) is 7.50.